The zero-order valence-electron chi connectivity index (χ0n) is 4.99. The number of carbonyl (C=O) groups is 1. The van der Waals surface area contributed by atoms with Crippen LogP contribution in [0.25, 0.3) is 0 Å². The average Bonchev–Trinajstić information content (AvgIpc) is 1.99. The molecule has 6 heteroatoms. The van der Waals surface area contributed by atoms with Crippen molar-refractivity contribution in [1.29, 1.82) is 0 Å². The molecule has 0 aliphatic heterocycles. The zero-order valence-corrected chi connectivity index (χ0v) is 6.56. The van der Waals surface area contributed by atoms with E-state index in [-0.39, 0.29) is 6.61 Å². The summed E-state index contributed by atoms with van der Waals surface area (Å²) < 4.78 is 4.33. The largest absolute Gasteiger partial charge is 0.454 e. The molecule has 0 aromatic rings. The first-order chi connectivity index (χ1) is 4.70. The van der Waals surface area contributed by atoms with Crippen LogP contribution in [0.5, 0.6) is 0 Å². The minimum atomic E-state index is -1.02. The molecule has 10 heavy (non-hydrogen) atoms. The molecule has 0 spiro atoms. The first-order valence-corrected chi connectivity index (χ1v) is 4.09. The van der Waals surface area contributed by atoms with E-state index >= 15 is 0 Å². The molecule has 0 aliphatic carbocycles. The summed E-state index contributed by atoms with van der Waals surface area (Å²) in [5.74, 6) is 0. The van der Waals surface area contributed by atoms with Crippen LogP contribution in [0.4, 0.5) is 4.79 Å². The molecule has 0 amide bonds. The molecule has 0 radical (unpaired) electrons. The van der Waals surface area contributed by atoms with Crippen LogP contribution >= 0.6 is 21.7 Å². The normalized spacial score (nSPS) is 12.7. The third-order valence-electron chi connectivity index (χ3n) is 0.667. The summed E-state index contributed by atoms with van der Waals surface area (Å²) in [5, 5.41) is 16.2. The Morgan fingerprint density at radius 1 is 1.80 bits per heavy atom. The Kier molecular flexibility index (Phi) is 5.81. The first kappa shape index (κ1) is 10.0. The van der Waals surface area contributed by atoms with Crippen molar-refractivity contribution in [3.8, 4) is 0 Å². The predicted molar refractivity (Wildman–Crippen MR) is 37.9 cm³/mol. The zero-order chi connectivity index (χ0) is 7.98. The number of halogens is 1. The molecule has 0 heterocycles. The van der Waals surface area contributed by atoms with Gasteiger partial charge in [-0.15, -0.1) is 0 Å². The van der Waals surface area contributed by atoms with Gasteiger partial charge in [-0.05, 0) is 10.7 Å². The number of aliphatic hydroxyl groups excluding tert-OH is 2. The smallest absolute Gasteiger partial charge is 0.383 e. The Labute approximate surface area is 66.6 Å². The molecule has 0 aromatic carbocycles. The summed E-state index contributed by atoms with van der Waals surface area (Å²) in [6, 6.07) is 0. The lowest BCUT2D eigenvalue weighted by molar-refractivity contribution is 0.0398. The summed E-state index contributed by atoms with van der Waals surface area (Å²) in [7, 11) is 5.37. The van der Waals surface area contributed by atoms with Gasteiger partial charge in [0.05, 0.1) is 17.6 Å². The minimum Gasteiger partial charge on any atom is -0.454 e. The van der Waals surface area contributed by atoms with Crippen molar-refractivity contribution >= 4 is 27.0 Å². The van der Waals surface area contributed by atoms with E-state index in [2.05, 4.69) is 4.74 Å². The molecule has 1 atom stereocenters. The van der Waals surface area contributed by atoms with Gasteiger partial charge in [0.15, 0.2) is 0 Å². The van der Waals surface area contributed by atoms with Crippen molar-refractivity contribution in [1.82, 2.24) is 0 Å². The standard InChI is InChI=1S/C4H7ClO4S/c5-10-4(8)9-2-3(7)1-6/h3,6-7H,1-2H2. The van der Waals surface area contributed by atoms with E-state index in [4.69, 9.17) is 20.9 Å². The van der Waals surface area contributed by atoms with Gasteiger partial charge >= 0.3 is 5.30 Å². The van der Waals surface area contributed by atoms with E-state index in [0.29, 0.717) is 11.0 Å². The predicted octanol–water partition coefficient (Wildman–Crippen LogP) is 0.363. The highest BCUT2D eigenvalue weighted by Gasteiger charge is 2.06. The van der Waals surface area contributed by atoms with Crippen LogP contribution in [-0.4, -0.2) is 34.8 Å². The van der Waals surface area contributed by atoms with Crippen LogP contribution in [0.2, 0.25) is 0 Å². The van der Waals surface area contributed by atoms with Crippen LogP contribution in [0, 0.1) is 0 Å². The lowest BCUT2D eigenvalue weighted by atomic mass is 10.4. The average molecular weight is 187 g/mol. The van der Waals surface area contributed by atoms with Crippen molar-refractivity contribution in [3.63, 3.8) is 0 Å². The fourth-order valence-corrected chi connectivity index (χ4v) is 0.485. The number of rotatable bonds is 3. The van der Waals surface area contributed by atoms with Gasteiger partial charge in [0, 0.05) is 0 Å². The maximum Gasteiger partial charge on any atom is 0.383 e. The third-order valence-corrected chi connectivity index (χ3v) is 1.29. The Morgan fingerprint density at radius 2 is 2.40 bits per heavy atom. The van der Waals surface area contributed by atoms with Gasteiger partial charge in [-0.25, -0.2) is 4.79 Å². The van der Waals surface area contributed by atoms with Crippen LogP contribution in [0.1, 0.15) is 0 Å². The molecule has 4 nitrogen and oxygen atoms in total. The van der Waals surface area contributed by atoms with E-state index in [9.17, 15) is 4.79 Å². The Balaban J connectivity index is 3.26. The van der Waals surface area contributed by atoms with E-state index in [1.807, 2.05) is 0 Å². The van der Waals surface area contributed by atoms with Gasteiger partial charge in [0.1, 0.15) is 12.7 Å². The monoisotopic (exact) mass is 186 g/mol. The van der Waals surface area contributed by atoms with Crippen molar-refractivity contribution < 1.29 is 19.7 Å². The maximum atomic E-state index is 10.2. The van der Waals surface area contributed by atoms with Gasteiger partial charge < -0.3 is 14.9 Å². The topological polar surface area (TPSA) is 66.8 Å². The van der Waals surface area contributed by atoms with E-state index in [1.54, 1.807) is 0 Å². The Bertz CT molecular complexity index is 109. The Morgan fingerprint density at radius 3 is 2.80 bits per heavy atom. The SMILES string of the molecule is O=C(OCC(O)CO)SCl. The van der Waals surface area contributed by atoms with E-state index in [1.165, 1.54) is 0 Å². The summed E-state index contributed by atoms with van der Waals surface area (Å²) in [4.78, 5) is 10.2. The van der Waals surface area contributed by atoms with Crippen LogP contribution in [-0.2, 0) is 4.74 Å². The number of aliphatic hydroxyl groups is 2. The quantitative estimate of drug-likeness (QED) is 0.624. The van der Waals surface area contributed by atoms with Gasteiger partial charge in [0.25, 0.3) is 0 Å². The molecule has 1 unspecified atom stereocenters. The highest BCUT2D eigenvalue weighted by atomic mass is 35.7. The first-order valence-electron chi connectivity index (χ1n) is 2.45. The second kappa shape index (κ2) is 5.79. The fraction of sp³-hybridized carbons (Fsp3) is 0.750. The second-order valence-electron chi connectivity index (χ2n) is 1.47. The molecular weight excluding hydrogens is 180 g/mol. The van der Waals surface area contributed by atoms with Gasteiger partial charge in [-0.1, -0.05) is 0 Å². The minimum absolute atomic E-state index is 0.227. The van der Waals surface area contributed by atoms with Crippen molar-refractivity contribution in [2.75, 3.05) is 13.2 Å². The molecule has 0 rings (SSSR count). The number of ether oxygens (including phenoxy) is 1. The molecule has 60 valence electrons. The number of hydrogen-bond donors (Lipinski definition) is 2. The van der Waals surface area contributed by atoms with Gasteiger partial charge in [-0.2, -0.15) is 0 Å². The molecule has 0 saturated carbocycles. The lowest BCUT2D eigenvalue weighted by Crippen LogP contribution is -2.20. The molecule has 0 aliphatic rings. The lowest BCUT2D eigenvalue weighted by Gasteiger charge is -2.05. The van der Waals surface area contributed by atoms with Gasteiger partial charge in [-0.3, -0.25) is 0 Å². The molecule has 0 fully saturated rings. The van der Waals surface area contributed by atoms with E-state index < -0.39 is 18.0 Å². The van der Waals surface area contributed by atoms with E-state index in [0.717, 1.165) is 0 Å². The molecular formula is C4H7ClO4S. The summed E-state index contributed by atoms with van der Waals surface area (Å²) in [6.07, 6.45) is -1.02. The molecule has 0 bridgehead atoms. The van der Waals surface area contributed by atoms with Crippen LogP contribution in [0.3, 0.4) is 0 Å². The number of hydrogen-bond acceptors (Lipinski definition) is 5. The van der Waals surface area contributed by atoms with Crippen LogP contribution in [0.15, 0.2) is 0 Å². The number of carbonyl (C=O) groups excluding carboxylic acids is 1. The molecule has 0 aromatic heterocycles. The highest BCUT2D eigenvalue weighted by molar-refractivity contribution is 8.32. The third kappa shape index (κ3) is 4.87. The van der Waals surface area contributed by atoms with Crippen molar-refractivity contribution in [3.05, 3.63) is 0 Å². The summed E-state index contributed by atoms with van der Waals surface area (Å²) in [5.41, 5.74) is 0. The highest BCUT2D eigenvalue weighted by Crippen LogP contribution is 2.09. The van der Waals surface area contributed by atoms with Crippen LogP contribution < -0.4 is 0 Å². The van der Waals surface area contributed by atoms with Crippen molar-refractivity contribution in [2.24, 2.45) is 0 Å². The maximum absolute atomic E-state index is 10.2. The molecule has 2 N–H and O–H groups in total. The fourth-order valence-electron chi connectivity index (χ4n) is 0.239. The second-order valence-corrected chi connectivity index (χ2v) is 2.43. The van der Waals surface area contributed by atoms with Crippen molar-refractivity contribution in [2.45, 2.75) is 6.10 Å². The van der Waals surface area contributed by atoms with Gasteiger partial charge in [0.2, 0.25) is 0 Å². The summed E-state index contributed by atoms with van der Waals surface area (Å²) in [6.45, 7) is -0.657. The Hall–Kier alpha value is 0.0300. The molecule has 0 saturated heterocycles. The summed E-state index contributed by atoms with van der Waals surface area (Å²) >= 11 is 0.